The van der Waals surface area contributed by atoms with Crippen LogP contribution >= 0.6 is 11.6 Å². The van der Waals surface area contributed by atoms with E-state index in [1.807, 2.05) is 14.0 Å². The van der Waals surface area contributed by atoms with Gasteiger partial charge in [-0.15, -0.1) is 5.10 Å². The van der Waals surface area contributed by atoms with Crippen LogP contribution in [0.5, 0.6) is 0 Å². The molecule has 1 fully saturated rings. The van der Waals surface area contributed by atoms with Crippen molar-refractivity contribution in [2.75, 3.05) is 26.7 Å². The van der Waals surface area contributed by atoms with Crippen molar-refractivity contribution in [1.82, 2.24) is 35.4 Å². The van der Waals surface area contributed by atoms with Crippen LogP contribution in [0.4, 0.5) is 4.39 Å². The zero-order valence-corrected chi connectivity index (χ0v) is 15.0. The van der Waals surface area contributed by atoms with E-state index in [2.05, 4.69) is 30.7 Å². The van der Waals surface area contributed by atoms with Gasteiger partial charge in [-0.25, -0.2) is 9.07 Å². The van der Waals surface area contributed by atoms with Crippen LogP contribution in [0.3, 0.4) is 0 Å². The van der Waals surface area contributed by atoms with E-state index in [1.165, 1.54) is 12.1 Å². The van der Waals surface area contributed by atoms with Gasteiger partial charge >= 0.3 is 0 Å². The normalized spacial score (nSPS) is 18.4. The topological polar surface area (TPSA) is 84.9 Å². The Hall–Kier alpha value is -2.36. The Morgan fingerprint density at radius 2 is 2.23 bits per heavy atom. The van der Waals surface area contributed by atoms with Gasteiger partial charge in [-0.3, -0.25) is 4.90 Å². The monoisotopic (exact) mass is 377 g/mol. The third-order valence-corrected chi connectivity index (χ3v) is 4.79. The van der Waals surface area contributed by atoms with Crippen LogP contribution in [0.25, 0.3) is 17.3 Å². The van der Waals surface area contributed by atoms with Crippen molar-refractivity contribution in [3.05, 3.63) is 40.6 Å². The van der Waals surface area contributed by atoms with Gasteiger partial charge in [0.15, 0.2) is 11.5 Å². The van der Waals surface area contributed by atoms with Gasteiger partial charge < -0.3 is 9.84 Å². The second-order valence-corrected chi connectivity index (χ2v) is 6.60. The van der Waals surface area contributed by atoms with Crippen LogP contribution in [-0.2, 0) is 0 Å². The maximum atomic E-state index is 13.4. The summed E-state index contributed by atoms with van der Waals surface area (Å²) in [5.41, 5.74) is 1.78. The fourth-order valence-electron chi connectivity index (χ4n) is 2.95. The summed E-state index contributed by atoms with van der Waals surface area (Å²) in [6.45, 7) is 4.43. The summed E-state index contributed by atoms with van der Waals surface area (Å²) in [6, 6.07) is 4.40. The van der Waals surface area contributed by atoms with Crippen molar-refractivity contribution in [2.24, 2.45) is 0 Å². The summed E-state index contributed by atoms with van der Waals surface area (Å²) in [5, 5.41) is 15.7. The Labute approximate surface area is 153 Å². The van der Waals surface area contributed by atoms with Gasteiger partial charge in [0.05, 0.1) is 22.4 Å². The zero-order chi connectivity index (χ0) is 18.3. The standard InChI is InChI=1S/C16H17ClFN7O/c1-9-14(21-23-25(9)10-3-4-12(18)11(17)7-10)16-20-15(22-26-16)13-8-19-5-6-24(13)2/h3-4,7,13,19H,5-6,8H2,1-2H3. The summed E-state index contributed by atoms with van der Waals surface area (Å²) < 4.78 is 20.3. The second-order valence-electron chi connectivity index (χ2n) is 6.19. The number of benzene rings is 1. The second kappa shape index (κ2) is 6.75. The number of hydrogen-bond acceptors (Lipinski definition) is 7. The summed E-state index contributed by atoms with van der Waals surface area (Å²) >= 11 is 5.85. The summed E-state index contributed by atoms with van der Waals surface area (Å²) in [7, 11) is 2.03. The zero-order valence-electron chi connectivity index (χ0n) is 14.3. The molecule has 1 saturated heterocycles. The average Bonchev–Trinajstić information content (AvgIpc) is 3.24. The van der Waals surface area contributed by atoms with E-state index in [4.69, 9.17) is 16.1 Å². The molecular weight excluding hydrogens is 361 g/mol. The predicted octanol–water partition coefficient (Wildman–Crippen LogP) is 1.99. The molecule has 1 aliphatic heterocycles. The third-order valence-electron chi connectivity index (χ3n) is 4.50. The van der Waals surface area contributed by atoms with E-state index in [0.717, 1.165) is 19.6 Å². The van der Waals surface area contributed by atoms with Crippen molar-refractivity contribution < 1.29 is 8.91 Å². The Bertz CT molecular complexity index is 941. The van der Waals surface area contributed by atoms with Crippen LogP contribution in [0.1, 0.15) is 17.6 Å². The molecule has 2 aromatic heterocycles. The number of piperazine rings is 1. The first-order valence-corrected chi connectivity index (χ1v) is 8.55. The molecule has 0 aliphatic carbocycles. The number of halogens is 2. The molecule has 0 saturated carbocycles. The first-order valence-electron chi connectivity index (χ1n) is 8.17. The smallest absolute Gasteiger partial charge is 0.280 e. The molecule has 8 nitrogen and oxygen atoms in total. The molecule has 4 rings (SSSR count). The molecule has 1 N–H and O–H groups in total. The predicted molar refractivity (Wildman–Crippen MR) is 92.6 cm³/mol. The first kappa shape index (κ1) is 17.1. The lowest BCUT2D eigenvalue weighted by Crippen LogP contribution is -2.44. The molecule has 1 unspecified atom stereocenters. The fourth-order valence-corrected chi connectivity index (χ4v) is 3.12. The minimum atomic E-state index is -0.486. The molecule has 1 atom stereocenters. The van der Waals surface area contributed by atoms with E-state index in [-0.39, 0.29) is 11.1 Å². The van der Waals surface area contributed by atoms with Crippen LogP contribution in [0.2, 0.25) is 5.02 Å². The highest BCUT2D eigenvalue weighted by molar-refractivity contribution is 6.30. The number of likely N-dealkylation sites (N-methyl/N-ethyl adjacent to an activating group) is 1. The van der Waals surface area contributed by atoms with Gasteiger partial charge in [-0.1, -0.05) is 22.0 Å². The highest BCUT2D eigenvalue weighted by Gasteiger charge is 2.27. The summed E-state index contributed by atoms with van der Waals surface area (Å²) in [6.07, 6.45) is 0. The molecule has 1 aliphatic rings. The highest BCUT2D eigenvalue weighted by atomic mass is 35.5. The third kappa shape index (κ3) is 2.98. The molecule has 136 valence electrons. The molecule has 0 bridgehead atoms. The van der Waals surface area contributed by atoms with Crippen LogP contribution in [0.15, 0.2) is 22.7 Å². The van der Waals surface area contributed by atoms with Crippen molar-refractivity contribution >= 4 is 11.6 Å². The number of aromatic nitrogens is 5. The fraction of sp³-hybridized carbons (Fsp3) is 0.375. The van der Waals surface area contributed by atoms with Crippen LogP contribution in [-0.4, -0.2) is 56.7 Å². The quantitative estimate of drug-likeness (QED) is 0.747. The Morgan fingerprint density at radius 1 is 1.38 bits per heavy atom. The van der Waals surface area contributed by atoms with Gasteiger partial charge in [-0.2, -0.15) is 4.98 Å². The molecule has 1 aromatic carbocycles. The van der Waals surface area contributed by atoms with Gasteiger partial charge in [0.25, 0.3) is 5.89 Å². The Kier molecular flexibility index (Phi) is 4.43. The van der Waals surface area contributed by atoms with Gasteiger partial charge in [0, 0.05) is 19.6 Å². The molecule has 10 heteroatoms. The highest BCUT2D eigenvalue weighted by Crippen LogP contribution is 2.26. The lowest BCUT2D eigenvalue weighted by Gasteiger charge is -2.30. The maximum Gasteiger partial charge on any atom is 0.280 e. The molecule has 0 amide bonds. The maximum absolute atomic E-state index is 13.4. The molecule has 3 heterocycles. The minimum absolute atomic E-state index is 0.0202. The Morgan fingerprint density at radius 3 is 3.00 bits per heavy atom. The van der Waals surface area contributed by atoms with Crippen molar-refractivity contribution in [3.63, 3.8) is 0 Å². The molecule has 3 aromatic rings. The number of rotatable bonds is 3. The van der Waals surface area contributed by atoms with Gasteiger partial charge in [0.1, 0.15) is 5.82 Å². The molecule has 0 radical (unpaired) electrons. The van der Waals surface area contributed by atoms with Gasteiger partial charge in [0.2, 0.25) is 0 Å². The number of nitrogens with zero attached hydrogens (tertiary/aromatic N) is 6. The lowest BCUT2D eigenvalue weighted by molar-refractivity contribution is 0.190. The van der Waals surface area contributed by atoms with Gasteiger partial charge in [-0.05, 0) is 32.2 Å². The average molecular weight is 378 g/mol. The molecular formula is C16H17ClFN7O. The minimum Gasteiger partial charge on any atom is -0.332 e. The largest absolute Gasteiger partial charge is 0.332 e. The summed E-state index contributed by atoms with van der Waals surface area (Å²) in [4.78, 5) is 6.67. The van der Waals surface area contributed by atoms with E-state index in [0.29, 0.717) is 28.8 Å². The molecule has 0 spiro atoms. The number of nitrogens with one attached hydrogen (secondary N) is 1. The van der Waals surface area contributed by atoms with E-state index in [1.54, 1.807) is 10.7 Å². The van der Waals surface area contributed by atoms with Crippen molar-refractivity contribution in [3.8, 4) is 17.3 Å². The van der Waals surface area contributed by atoms with Crippen molar-refractivity contribution in [2.45, 2.75) is 13.0 Å². The Balaban J connectivity index is 1.65. The van der Waals surface area contributed by atoms with Crippen molar-refractivity contribution in [1.29, 1.82) is 0 Å². The molecule has 26 heavy (non-hydrogen) atoms. The van der Waals surface area contributed by atoms with Crippen LogP contribution in [0, 0.1) is 12.7 Å². The first-order chi connectivity index (χ1) is 12.5. The summed E-state index contributed by atoms with van der Waals surface area (Å²) in [5.74, 6) is 0.421. The lowest BCUT2D eigenvalue weighted by atomic mass is 10.2. The number of hydrogen-bond donors (Lipinski definition) is 1. The van der Waals surface area contributed by atoms with E-state index < -0.39 is 5.82 Å². The SMILES string of the molecule is Cc1c(-c2nc(C3CNCCN3C)no2)nnn1-c1ccc(F)c(Cl)c1. The van der Waals surface area contributed by atoms with E-state index >= 15 is 0 Å². The van der Waals surface area contributed by atoms with E-state index in [9.17, 15) is 4.39 Å². The van der Waals surface area contributed by atoms with Crippen LogP contribution < -0.4 is 5.32 Å².